The number of primary amides is 1. The van der Waals surface area contributed by atoms with Gasteiger partial charge in [-0.25, -0.2) is 0 Å². The molecule has 1 aromatic carbocycles. The fourth-order valence-corrected chi connectivity index (χ4v) is 1.51. The van der Waals surface area contributed by atoms with Crippen LogP contribution in [0.5, 0.6) is 0 Å². The Morgan fingerprint density at radius 2 is 2.06 bits per heavy atom. The van der Waals surface area contributed by atoms with Gasteiger partial charge in [0.1, 0.15) is 5.54 Å². The predicted molar refractivity (Wildman–Crippen MR) is 67.2 cm³/mol. The van der Waals surface area contributed by atoms with Crippen molar-refractivity contribution in [3.8, 4) is 0 Å². The third-order valence-corrected chi connectivity index (χ3v) is 3.09. The summed E-state index contributed by atoms with van der Waals surface area (Å²) in [5.41, 5.74) is 6.82. The van der Waals surface area contributed by atoms with Gasteiger partial charge >= 0.3 is 0 Å². The third-order valence-electron chi connectivity index (χ3n) is 3.09. The molecule has 3 N–H and O–H groups in total. The van der Waals surface area contributed by atoms with Gasteiger partial charge in [-0.15, -0.1) is 0 Å². The van der Waals surface area contributed by atoms with Gasteiger partial charge in [0.25, 0.3) is 0 Å². The maximum Gasteiger partial charge on any atom is 0.243 e. The highest BCUT2D eigenvalue weighted by molar-refractivity contribution is 5.87. The molecule has 1 rings (SSSR count). The van der Waals surface area contributed by atoms with Gasteiger partial charge in [-0.3, -0.25) is 4.79 Å². The summed E-state index contributed by atoms with van der Waals surface area (Å²) < 4.78 is 0. The lowest BCUT2D eigenvalue weighted by Crippen LogP contribution is -2.51. The van der Waals surface area contributed by atoms with Crippen molar-refractivity contribution < 1.29 is 4.79 Å². The molecule has 1 amide bonds. The molecule has 3 heteroatoms. The number of hydrogen-bond acceptors (Lipinski definition) is 2. The predicted octanol–water partition coefficient (Wildman–Crippen LogP) is 2.31. The average molecular weight is 220 g/mol. The van der Waals surface area contributed by atoms with Gasteiger partial charge in [-0.2, -0.15) is 0 Å². The minimum Gasteiger partial charge on any atom is -0.371 e. The van der Waals surface area contributed by atoms with Crippen LogP contribution in [0.2, 0.25) is 0 Å². The summed E-state index contributed by atoms with van der Waals surface area (Å²) in [6, 6.07) is 7.92. The maximum atomic E-state index is 11.5. The molecule has 0 spiro atoms. The fourth-order valence-electron chi connectivity index (χ4n) is 1.51. The number of hydrogen-bond donors (Lipinski definition) is 2. The second kappa shape index (κ2) is 4.56. The van der Waals surface area contributed by atoms with Gasteiger partial charge in [0, 0.05) is 5.69 Å². The van der Waals surface area contributed by atoms with Crippen molar-refractivity contribution in [3.63, 3.8) is 0 Å². The largest absolute Gasteiger partial charge is 0.371 e. The molecule has 3 nitrogen and oxygen atoms in total. The van der Waals surface area contributed by atoms with Gasteiger partial charge in [-0.05, 0) is 37.5 Å². The van der Waals surface area contributed by atoms with E-state index in [1.807, 2.05) is 52.0 Å². The normalized spacial score (nSPS) is 14.6. The molecular weight excluding hydrogens is 200 g/mol. The topological polar surface area (TPSA) is 55.1 Å². The van der Waals surface area contributed by atoms with Crippen LogP contribution in [0.4, 0.5) is 5.69 Å². The van der Waals surface area contributed by atoms with E-state index in [-0.39, 0.29) is 11.8 Å². The van der Waals surface area contributed by atoms with Crippen LogP contribution in [0, 0.1) is 12.8 Å². The van der Waals surface area contributed by atoms with E-state index in [1.54, 1.807) is 0 Å². The van der Waals surface area contributed by atoms with Crippen LogP contribution < -0.4 is 11.1 Å². The average Bonchev–Trinajstić information content (AvgIpc) is 2.16. The van der Waals surface area contributed by atoms with E-state index in [0.717, 1.165) is 11.3 Å². The van der Waals surface area contributed by atoms with E-state index >= 15 is 0 Å². The Hall–Kier alpha value is -1.51. The van der Waals surface area contributed by atoms with Gasteiger partial charge in [0.2, 0.25) is 5.91 Å². The summed E-state index contributed by atoms with van der Waals surface area (Å²) in [4.78, 5) is 11.5. The lowest BCUT2D eigenvalue weighted by Gasteiger charge is -2.32. The second-order valence-corrected chi connectivity index (χ2v) is 4.72. The molecule has 0 aliphatic heterocycles. The molecule has 0 aliphatic rings. The quantitative estimate of drug-likeness (QED) is 0.818. The Labute approximate surface area is 97.0 Å². The van der Waals surface area contributed by atoms with E-state index in [0.29, 0.717) is 0 Å². The Morgan fingerprint density at radius 1 is 1.44 bits per heavy atom. The van der Waals surface area contributed by atoms with E-state index in [4.69, 9.17) is 5.73 Å². The maximum absolute atomic E-state index is 11.5. The zero-order valence-corrected chi connectivity index (χ0v) is 10.4. The summed E-state index contributed by atoms with van der Waals surface area (Å²) in [6.45, 7) is 7.81. The molecule has 0 saturated heterocycles. The van der Waals surface area contributed by atoms with E-state index in [1.165, 1.54) is 0 Å². The van der Waals surface area contributed by atoms with E-state index < -0.39 is 5.54 Å². The van der Waals surface area contributed by atoms with Crippen molar-refractivity contribution in [1.82, 2.24) is 0 Å². The number of nitrogens with two attached hydrogens (primary N) is 1. The molecule has 0 saturated carbocycles. The molecule has 0 bridgehead atoms. The van der Waals surface area contributed by atoms with Crippen LogP contribution in [-0.2, 0) is 4.79 Å². The Balaban J connectivity index is 2.97. The molecule has 0 heterocycles. The molecule has 1 atom stereocenters. The summed E-state index contributed by atoms with van der Waals surface area (Å²) in [5.74, 6) is -0.200. The lowest BCUT2D eigenvalue weighted by molar-refractivity contribution is -0.123. The molecule has 0 radical (unpaired) electrons. The SMILES string of the molecule is Cc1cccc(NC(C)(C(N)=O)C(C)C)c1. The number of amides is 1. The first-order chi connectivity index (χ1) is 7.36. The van der Waals surface area contributed by atoms with Gasteiger partial charge in [0.15, 0.2) is 0 Å². The summed E-state index contributed by atoms with van der Waals surface area (Å²) in [7, 11) is 0. The zero-order valence-electron chi connectivity index (χ0n) is 10.4. The van der Waals surface area contributed by atoms with Crippen LogP contribution >= 0.6 is 0 Å². The molecule has 16 heavy (non-hydrogen) atoms. The van der Waals surface area contributed by atoms with Crippen molar-refractivity contribution in [2.75, 3.05) is 5.32 Å². The summed E-state index contributed by atoms with van der Waals surface area (Å²) >= 11 is 0. The molecule has 1 unspecified atom stereocenters. The molecular formula is C13H20N2O. The van der Waals surface area contributed by atoms with Crippen molar-refractivity contribution >= 4 is 11.6 Å². The van der Waals surface area contributed by atoms with Crippen molar-refractivity contribution in [2.45, 2.75) is 33.2 Å². The third kappa shape index (κ3) is 2.54. The molecule has 0 aromatic heterocycles. The van der Waals surface area contributed by atoms with E-state index in [9.17, 15) is 4.79 Å². The Morgan fingerprint density at radius 3 is 2.50 bits per heavy atom. The number of carbonyl (C=O) groups is 1. The highest BCUT2D eigenvalue weighted by atomic mass is 16.1. The fraction of sp³-hybridized carbons (Fsp3) is 0.462. The van der Waals surface area contributed by atoms with Crippen molar-refractivity contribution in [3.05, 3.63) is 29.8 Å². The first-order valence-electron chi connectivity index (χ1n) is 5.51. The standard InChI is InChI=1S/C13H20N2O/c1-9(2)13(4,12(14)16)15-11-7-5-6-10(3)8-11/h5-9,15H,1-4H3,(H2,14,16). The molecule has 0 aliphatic carbocycles. The van der Waals surface area contributed by atoms with Crippen LogP contribution in [0.3, 0.4) is 0 Å². The number of anilines is 1. The van der Waals surface area contributed by atoms with Crippen LogP contribution in [0.15, 0.2) is 24.3 Å². The van der Waals surface area contributed by atoms with Crippen LogP contribution in [0.1, 0.15) is 26.3 Å². The number of benzene rings is 1. The van der Waals surface area contributed by atoms with Gasteiger partial charge in [0.05, 0.1) is 0 Å². The van der Waals surface area contributed by atoms with Crippen molar-refractivity contribution in [1.29, 1.82) is 0 Å². The Bertz CT molecular complexity index is 387. The zero-order chi connectivity index (χ0) is 12.3. The minimum atomic E-state index is -0.714. The number of carbonyl (C=O) groups excluding carboxylic acids is 1. The van der Waals surface area contributed by atoms with Crippen molar-refractivity contribution in [2.24, 2.45) is 11.7 Å². The van der Waals surface area contributed by atoms with Gasteiger partial charge in [-0.1, -0.05) is 26.0 Å². The number of nitrogens with one attached hydrogen (secondary N) is 1. The summed E-state index contributed by atoms with van der Waals surface area (Å²) in [5, 5.41) is 3.22. The minimum absolute atomic E-state index is 0.130. The number of rotatable bonds is 4. The van der Waals surface area contributed by atoms with Gasteiger partial charge < -0.3 is 11.1 Å². The van der Waals surface area contributed by atoms with Crippen LogP contribution in [-0.4, -0.2) is 11.4 Å². The van der Waals surface area contributed by atoms with Crippen LogP contribution in [0.25, 0.3) is 0 Å². The first kappa shape index (κ1) is 12.6. The second-order valence-electron chi connectivity index (χ2n) is 4.72. The lowest BCUT2D eigenvalue weighted by atomic mass is 9.87. The Kier molecular flexibility index (Phi) is 3.58. The van der Waals surface area contributed by atoms with E-state index in [2.05, 4.69) is 5.32 Å². The highest BCUT2D eigenvalue weighted by Crippen LogP contribution is 2.23. The first-order valence-corrected chi connectivity index (χ1v) is 5.51. The summed E-state index contributed by atoms with van der Waals surface area (Å²) in [6.07, 6.45) is 0. The molecule has 0 fully saturated rings. The highest BCUT2D eigenvalue weighted by Gasteiger charge is 2.34. The number of aryl methyl sites for hydroxylation is 1. The molecule has 88 valence electrons. The smallest absolute Gasteiger partial charge is 0.243 e. The monoisotopic (exact) mass is 220 g/mol. The molecule has 1 aromatic rings.